The first-order chi connectivity index (χ1) is 10.2. The molecule has 0 saturated heterocycles. The maximum Gasteiger partial charge on any atom is 0.338 e. The molecule has 0 saturated carbocycles. The molecule has 0 unspecified atom stereocenters. The minimum Gasteiger partial charge on any atom is -0.451 e. The number of hydrogen-bond acceptors (Lipinski definition) is 4. The topological polar surface area (TPSA) is 69.4 Å². The Hall–Kier alpha value is -2.95. The minimum atomic E-state index is -0.587. The van der Waals surface area contributed by atoms with E-state index in [0.717, 1.165) is 0 Å². The molecule has 0 radical (unpaired) electrons. The third kappa shape index (κ3) is 4.28. The summed E-state index contributed by atoms with van der Waals surface area (Å²) in [7, 11) is 0. The number of carbonyl (C=O) groups is 1. The number of carbonyl (C=O) groups excluding carboxylic acids is 1. The Balaban J connectivity index is 2.06. The molecule has 2 rings (SSSR count). The van der Waals surface area contributed by atoms with E-state index in [2.05, 4.69) is 0 Å². The van der Waals surface area contributed by atoms with Crippen LogP contribution in [0.1, 0.15) is 15.9 Å². The first-order valence-electron chi connectivity index (χ1n) is 6.29. The maximum atomic E-state index is 11.8. The number of nitrogens with zero attached hydrogens (tertiary/aromatic N) is 1. The lowest BCUT2D eigenvalue weighted by atomic mass is 10.2. The average Bonchev–Trinajstić information content (AvgIpc) is 2.52. The zero-order valence-corrected chi connectivity index (χ0v) is 11.1. The summed E-state index contributed by atoms with van der Waals surface area (Å²) in [6.45, 7) is -0.379. The summed E-state index contributed by atoms with van der Waals surface area (Å²) in [6.07, 6.45) is 1.39. The molecule has 21 heavy (non-hydrogen) atoms. The molecule has 0 aromatic heterocycles. The molecule has 0 spiro atoms. The summed E-state index contributed by atoms with van der Waals surface area (Å²) in [5.74, 6) is -0.587. The standard InChI is InChI=1S/C16H13NO4/c18-16(14-9-5-2-6-10-14)21-12-15(17(19)20)11-13-7-3-1-4-8-13/h1-11H,12H2/b15-11-. The molecular weight excluding hydrogens is 270 g/mol. The van der Waals surface area contributed by atoms with Crippen LogP contribution in [0, 0.1) is 10.1 Å². The van der Waals surface area contributed by atoms with E-state index in [1.54, 1.807) is 54.6 Å². The molecule has 0 amide bonds. The van der Waals surface area contributed by atoms with Gasteiger partial charge in [-0.25, -0.2) is 4.79 Å². The first kappa shape index (κ1) is 14.5. The minimum absolute atomic E-state index is 0.175. The molecular formula is C16H13NO4. The van der Waals surface area contributed by atoms with Crippen LogP contribution in [-0.2, 0) is 4.74 Å². The van der Waals surface area contributed by atoms with Gasteiger partial charge in [0.15, 0.2) is 6.61 Å². The Morgan fingerprint density at radius 2 is 1.62 bits per heavy atom. The monoisotopic (exact) mass is 283 g/mol. The lowest BCUT2D eigenvalue weighted by molar-refractivity contribution is -0.428. The Labute approximate surface area is 121 Å². The van der Waals surface area contributed by atoms with Gasteiger partial charge in [0.2, 0.25) is 0 Å². The number of benzene rings is 2. The largest absolute Gasteiger partial charge is 0.451 e. The second-order valence-electron chi connectivity index (χ2n) is 4.25. The highest BCUT2D eigenvalue weighted by molar-refractivity contribution is 5.89. The summed E-state index contributed by atoms with van der Waals surface area (Å²) >= 11 is 0. The fraction of sp³-hybridized carbons (Fsp3) is 0.0625. The fourth-order valence-electron chi connectivity index (χ4n) is 1.69. The Bertz CT molecular complexity index is 650. The summed E-state index contributed by atoms with van der Waals surface area (Å²) in [6, 6.07) is 17.2. The molecule has 0 atom stereocenters. The summed E-state index contributed by atoms with van der Waals surface area (Å²) in [4.78, 5) is 22.2. The van der Waals surface area contributed by atoms with Gasteiger partial charge < -0.3 is 4.74 Å². The van der Waals surface area contributed by atoms with Gasteiger partial charge in [-0.3, -0.25) is 10.1 Å². The molecule has 0 aliphatic heterocycles. The smallest absolute Gasteiger partial charge is 0.338 e. The predicted octanol–water partition coefficient (Wildman–Crippen LogP) is 3.16. The van der Waals surface area contributed by atoms with Crippen molar-refractivity contribution in [2.24, 2.45) is 0 Å². The number of hydrogen-bond donors (Lipinski definition) is 0. The Morgan fingerprint density at radius 3 is 2.19 bits per heavy atom. The third-order valence-corrected chi connectivity index (χ3v) is 2.73. The van der Waals surface area contributed by atoms with Crippen molar-refractivity contribution in [1.82, 2.24) is 0 Å². The molecule has 2 aromatic carbocycles. The van der Waals surface area contributed by atoms with Crippen LogP contribution in [0.25, 0.3) is 6.08 Å². The van der Waals surface area contributed by atoms with Gasteiger partial charge in [0.25, 0.3) is 5.70 Å². The van der Waals surface area contributed by atoms with Crippen molar-refractivity contribution >= 4 is 12.0 Å². The van der Waals surface area contributed by atoms with Gasteiger partial charge in [0, 0.05) is 6.08 Å². The van der Waals surface area contributed by atoms with Crippen molar-refractivity contribution in [3.05, 3.63) is 87.6 Å². The molecule has 5 heteroatoms. The molecule has 5 nitrogen and oxygen atoms in total. The van der Waals surface area contributed by atoms with Gasteiger partial charge in [-0.2, -0.15) is 0 Å². The Morgan fingerprint density at radius 1 is 1.05 bits per heavy atom. The van der Waals surface area contributed by atoms with E-state index in [1.807, 2.05) is 6.07 Å². The highest BCUT2D eigenvalue weighted by Crippen LogP contribution is 2.09. The third-order valence-electron chi connectivity index (χ3n) is 2.73. The van der Waals surface area contributed by atoms with E-state index in [4.69, 9.17) is 4.74 Å². The van der Waals surface area contributed by atoms with Crippen molar-refractivity contribution in [2.45, 2.75) is 0 Å². The van der Waals surface area contributed by atoms with E-state index in [-0.39, 0.29) is 12.3 Å². The van der Waals surface area contributed by atoms with Gasteiger partial charge in [-0.1, -0.05) is 48.5 Å². The quantitative estimate of drug-likeness (QED) is 0.480. The van der Waals surface area contributed by atoms with E-state index in [0.29, 0.717) is 11.1 Å². The van der Waals surface area contributed by atoms with Crippen LogP contribution in [-0.4, -0.2) is 17.5 Å². The molecule has 0 bridgehead atoms. The SMILES string of the molecule is O=C(OC/C(=C/c1ccccc1)[N+](=O)[O-])c1ccccc1. The van der Waals surface area contributed by atoms with E-state index in [9.17, 15) is 14.9 Å². The molecule has 0 N–H and O–H groups in total. The van der Waals surface area contributed by atoms with Crippen LogP contribution < -0.4 is 0 Å². The summed E-state index contributed by atoms with van der Waals surface area (Å²) < 4.78 is 4.97. The number of ether oxygens (including phenoxy) is 1. The lowest BCUT2D eigenvalue weighted by Crippen LogP contribution is -2.12. The second kappa shape index (κ2) is 7.00. The molecule has 2 aromatic rings. The number of rotatable bonds is 5. The van der Waals surface area contributed by atoms with Crippen LogP contribution in [0.5, 0.6) is 0 Å². The van der Waals surface area contributed by atoms with E-state index >= 15 is 0 Å². The van der Waals surface area contributed by atoms with Crippen molar-refractivity contribution in [2.75, 3.05) is 6.61 Å². The van der Waals surface area contributed by atoms with Crippen LogP contribution in [0.3, 0.4) is 0 Å². The molecule has 0 heterocycles. The van der Waals surface area contributed by atoms with Crippen LogP contribution in [0.4, 0.5) is 0 Å². The first-order valence-corrected chi connectivity index (χ1v) is 6.29. The number of esters is 1. The summed E-state index contributed by atoms with van der Waals surface area (Å²) in [5.41, 5.74) is 0.866. The van der Waals surface area contributed by atoms with Gasteiger partial charge in [0.05, 0.1) is 10.5 Å². The van der Waals surface area contributed by atoms with Crippen molar-refractivity contribution in [1.29, 1.82) is 0 Å². The van der Waals surface area contributed by atoms with Crippen LogP contribution >= 0.6 is 0 Å². The molecule has 0 aliphatic rings. The highest BCUT2D eigenvalue weighted by Gasteiger charge is 2.15. The van der Waals surface area contributed by atoms with Crippen LogP contribution in [0.15, 0.2) is 66.4 Å². The normalized spacial score (nSPS) is 11.0. The predicted molar refractivity (Wildman–Crippen MR) is 78.1 cm³/mol. The molecule has 106 valence electrons. The zero-order chi connectivity index (χ0) is 15.1. The number of nitro groups is 1. The van der Waals surface area contributed by atoms with Gasteiger partial charge in [-0.15, -0.1) is 0 Å². The van der Waals surface area contributed by atoms with E-state index in [1.165, 1.54) is 6.08 Å². The highest BCUT2D eigenvalue weighted by atomic mass is 16.6. The fourth-order valence-corrected chi connectivity index (χ4v) is 1.69. The summed E-state index contributed by atoms with van der Waals surface area (Å²) in [5, 5.41) is 11.0. The van der Waals surface area contributed by atoms with Gasteiger partial charge in [-0.05, 0) is 17.7 Å². The van der Waals surface area contributed by atoms with Crippen molar-refractivity contribution < 1.29 is 14.5 Å². The van der Waals surface area contributed by atoms with Crippen molar-refractivity contribution in [3.8, 4) is 0 Å². The average molecular weight is 283 g/mol. The van der Waals surface area contributed by atoms with Crippen molar-refractivity contribution in [3.63, 3.8) is 0 Å². The lowest BCUT2D eigenvalue weighted by Gasteiger charge is -2.03. The maximum absolute atomic E-state index is 11.8. The van der Waals surface area contributed by atoms with Gasteiger partial charge in [0.1, 0.15) is 0 Å². The second-order valence-corrected chi connectivity index (χ2v) is 4.25. The Kier molecular flexibility index (Phi) is 4.82. The molecule has 0 fully saturated rings. The van der Waals surface area contributed by atoms with E-state index < -0.39 is 10.9 Å². The van der Waals surface area contributed by atoms with Crippen LogP contribution in [0.2, 0.25) is 0 Å². The van der Waals surface area contributed by atoms with Gasteiger partial charge >= 0.3 is 5.97 Å². The molecule has 0 aliphatic carbocycles. The zero-order valence-electron chi connectivity index (χ0n) is 11.1.